The lowest BCUT2D eigenvalue weighted by Crippen LogP contribution is -2.32. The van der Waals surface area contributed by atoms with Gasteiger partial charge in [-0.15, -0.1) is 0 Å². The summed E-state index contributed by atoms with van der Waals surface area (Å²) in [6, 6.07) is 5.76. The Balaban J connectivity index is 1.92. The molecule has 2 unspecified atom stereocenters. The molecule has 1 N–H and O–H groups in total. The van der Waals surface area contributed by atoms with E-state index in [4.69, 9.17) is 11.6 Å². The molecule has 0 aliphatic heterocycles. The minimum atomic E-state index is -0.200. The van der Waals surface area contributed by atoms with E-state index in [9.17, 15) is 4.79 Å². The number of nitrogens with one attached hydrogen (secondary N) is 1. The van der Waals surface area contributed by atoms with Gasteiger partial charge in [-0.05, 0) is 48.8 Å². The van der Waals surface area contributed by atoms with Gasteiger partial charge in [0.1, 0.15) is 0 Å². The Bertz CT molecular complexity index is 647. The lowest BCUT2D eigenvalue weighted by Gasteiger charge is -2.31. The SMILES string of the molecule is Cc1ccc(Cl)cc1NC=C1C(=O)C2(C)CCC1C2(C)C. The van der Waals surface area contributed by atoms with Crippen molar-refractivity contribution in [2.24, 2.45) is 16.7 Å². The first-order valence-corrected chi connectivity index (χ1v) is 7.93. The van der Waals surface area contributed by atoms with Crippen molar-refractivity contribution in [2.75, 3.05) is 5.32 Å². The molecule has 2 saturated carbocycles. The highest BCUT2D eigenvalue weighted by Gasteiger charge is 2.63. The third-order valence-corrected chi connectivity index (χ3v) is 6.18. The van der Waals surface area contributed by atoms with Gasteiger partial charge in [0.2, 0.25) is 0 Å². The van der Waals surface area contributed by atoms with Crippen LogP contribution in [-0.4, -0.2) is 5.78 Å². The van der Waals surface area contributed by atoms with Crippen molar-refractivity contribution in [3.63, 3.8) is 0 Å². The first kappa shape index (κ1) is 14.6. The van der Waals surface area contributed by atoms with Crippen LogP contribution in [0.1, 0.15) is 39.2 Å². The van der Waals surface area contributed by atoms with Crippen molar-refractivity contribution in [3.8, 4) is 0 Å². The number of carbonyl (C=O) groups is 1. The molecule has 0 saturated heterocycles. The van der Waals surface area contributed by atoms with E-state index < -0.39 is 0 Å². The van der Waals surface area contributed by atoms with E-state index in [2.05, 4.69) is 26.1 Å². The molecule has 0 radical (unpaired) electrons. The van der Waals surface area contributed by atoms with Crippen LogP contribution < -0.4 is 5.32 Å². The summed E-state index contributed by atoms with van der Waals surface area (Å²) in [5.74, 6) is 0.679. The fourth-order valence-corrected chi connectivity index (χ4v) is 4.17. The highest BCUT2D eigenvalue weighted by Crippen LogP contribution is 2.65. The number of anilines is 1. The van der Waals surface area contributed by atoms with Crippen molar-refractivity contribution < 1.29 is 4.79 Å². The van der Waals surface area contributed by atoms with Crippen LogP contribution in [0.4, 0.5) is 5.69 Å². The minimum Gasteiger partial charge on any atom is -0.361 e. The normalized spacial score (nSPS) is 32.0. The Morgan fingerprint density at radius 3 is 2.67 bits per heavy atom. The van der Waals surface area contributed by atoms with Crippen molar-refractivity contribution in [3.05, 3.63) is 40.6 Å². The molecule has 1 aromatic carbocycles. The van der Waals surface area contributed by atoms with Gasteiger partial charge in [0.25, 0.3) is 0 Å². The number of hydrogen-bond acceptors (Lipinski definition) is 2. The fraction of sp³-hybridized carbons (Fsp3) is 0.500. The van der Waals surface area contributed by atoms with Gasteiger partial charge in [-0.2, -0.15) is 0 Å². The second-order valence-corrected chi connectivity index (χ2v) is 7.61. The number of aryl methyl sites for hydroxylation is 1. The number of ketones is 1. The molecule has 2 aliphatic rings. The number of halogens is 1. The van der Waals surface area contributed by atoms with E-state index in [0.29, 0.717) is 16.7 Å². The summed E-state index contributed by atoms with van der Waals surface area (Å²) in [6.45, 7) is 8.62. The third kappa shape index (κ3) is 1.96. The molecule has 3 rings (SSSR count). The predicted octanol–water partition coefficient (Wildman–Crippen LogP) is 4.97. The van der Waals surface area contributed by atoms with E-state index >= 15 is 0 Å². The molecule has 0 heterocycles. The monoisotopic (exact) mass is 303 g/mol. The Morgan fingerprint density at radius 1 is 1.33 bits per heavy atom. The summed E-state index contributed by atoms with van der Waals surface area (Å²) in [5, 5.41) is 4.00. The molecule has 21 heavy (non-hydrogen) atoms. The van der Waals surface area contributed by atoms with E-state index in [1.165, 1.54) is 0 Å². The van der Waals surface area contributed by atoms with Gasteiger partial charge in [0.15, 0.2) is 5.78 Å². The van der Waals surface area contributed by atoms with E-state index in [1.807, 2.05) is 31.3 Å². The van der Waals surface area contributed by atoms with Crippen molar-refractivity contribution >= 4 is 23.1 Å². The zero-order chi connectivity index (χ0) is 15.4. The highest BCUT2D eigenvalue weighted by atomic mass is 35.5. The third-order valence-electron chi connectivity index (χ3n) is 5.95. The average Bonchev–Trinajstić information content (AvgIpc) is 2.73. The molecule has 2 fully saturated rings. The maximum absolute atomic E-state index is 12.7. The van der Waals surface area contributed by atoms with Crippen molar-refractivity contribution in [1.29, 1.82) is 0 Å². The van der Waals surface area contributed by atoms with Crippen LogP contribution in [0.15, 0.2) is 30.0 Å². The standard InChI is InChI=1S/C18H22ClNO/c1-11-5-6-12(19)9-15(11)20-10-13-14-7-8-18(4,16(13)21)17(14,2)3/h5-6,9-10,14,20H,7-8H2,1-4H3. The Hall–Kier alpha value is -1.28. The molecule has 112 valence electrons. The second kappa shape index (κ2) is 4.61. The molecule has 0 spiro atoms. The molecular weight excluding hydrogens is 282 g/mol. The molecule has 0 aromatic heterocycles. The van der Waals surface area contributed by atoms with Crippen molar-refractivity contribution in [2.45, 2.75) is 40.5 Å². The zero-order valence-corrected chi connectivity index (χ0v) is 13.8. The van der Waals surface area contributed by atoms with Crippen LogP contribution in [-0.2, 0) is 4.79 Å². The second-order valence-electron chi connectivity index (χ2n) is 7.18. The smallest absolute Gasteiger partial charge is 0.167 e. The Kier molecular flexibility index (Phi) is 3.21. The number of carbonyl (C=O) groups excluding carboxylic acids is 1. The number of Topliss-reactive ketones (excluding diaryl/α,β-unsaturated/α-hetero) is 1. The summed E-state index contributed by atoms with van der Waals surface area (Å²) in [5.41, 5.74) is 2.90. The Labute approximate surface area is 131 Å². The molecule has 2 bridgehead atoms. The van der Waals surface area contributed by atoms with Gasteiger partial charge in [-0.1, -0.05) is 38.4 Å². The number of hydrogen-bond donors (Lipinski definition) is 1. The van der Waals surface area contributed by atoms with E-state index in [0.717, 1.165) is 29.7 Å². The molecular formula is C18H22ClNO. The highest BCUT2D eigenvalue weighted by molar-refractivity contribution is 6.30. The summed E-state index contributed by atoms with van der Waals surface area (Å²) in [7, 11) is 0. The van der Waals surface area contributed by atoms with E-state index in [-0.39, 0.29) is 10.8 Å². The molecule has 0 amide bonds. The lowest BCUT2D eigenvalue weighted by atomic mass is 9.70. The van der Waals surface area contributed by atoms with Crippen LogP contribution in [0.25, 0.3) is 0 Å². The van der Waals surface area contributed by atoms with Crippen LogP contribution in [0.2, 0.25) is 5.02 Å². The van der Waals surface area contributed by atoms with Crippen LogP contribution >= 0.6 is 11.6 Å². The largest absolute Gasteiger partial charge is 0.361 e. The van der Waals surface area contributed by atoms with Gasteiger partial charge in [0.05, 0.1) is 0 Å². The quantitative estimate of drug-likeness (QED) is 0.782. The topological polar surface area (TPSA) is 29.1 Å². The lowest BCUT2D eigenvalue weighted by molar-refractivity contribution is -0.125. The Morgan fingerprint density at radius 2 is 2.05 bits per heavy atom. The molecule has 2 atom stereocenters. The summed E-state index contributed by atoms with van der Waals surface area (Å²) in [6.07, 6.45) is 4.03. The van der Waals surface area contributed by atoms with Gasteiger partial charge >= 0.3 is 0 Å². The first-order valence-electron chi connectivity index (χ1n) is 7.55. The molecule has 2 nitrogen and oxygen atoms in total. The first-order chi connectivity index (χ1) is 9.77. The van der Waals surface area contributed by atoms with Gasteiger partial charge in [0, 0.05) is 27.9 Å². The van der Waals surface area contributed by atoms with Crippen molar-refractivity contribution in [1.82, 2.24) is 0 Å². The maximum Gasteiger partial charge on any atom is 0.167 e. The van der Waals surface area contributed by atoms with Gasteiger partial charge in [-0.3, -0.25) is 4.79 Å². The number of fused-ring (bicyclic) bond motifs is 2. The number of allylic oxidation sites excluding steroid dienone is 1. The summed E-state index contributed by atoms with van der Waals surface area (Å²) >= 11 is 6.04. The number of benzene rings is 1. The van der Waals surface area contributed by atoms with Gasteiger partial charge in [-0.25, -0.2) is 0 Å². The van der Waals surface area contributed by atoms with Gasteiger partial charge < -0.3 is 5.32 Å². The molecule has 3 heteroatoms. The summed E-state index contributed by atoms with van der Waals surface area (Å²) in [4.78, 5) is 12.7. The molecule has 2 aliphatic carbocycles. The molecule has 1 aromatic rings. The zero-order valence-electron chi connectivity index (χ0n) is 13.1. The van der Waals surface area contributed by atoms with Crippen LogP contribution in [0, 0.1) is 23.7 Å². The average molecular weight is 304 g/mol. The van der Waals surface area contributed by atoms with Crippen LogP contribution in [0.3, 0.4) is 0 Å². The summed E-state index contributed by atoms with van der Waals surface area (Å²) < 4.78 is 0. The van der Waals surface area contributed by atoms with Crippen LogP contribution in [0.5, 0.6) is 0 Å². The fourth-order valence-electron chi connectivity index (χ4n) is 4.00. The predicted molar refractivity (Wildman–Crippen MR) is 87.5 cm³/mol. The number of rotatable bonds is 2. The van der Waals surface area contributed by atoms with E-state index in [1.54, 1.807) is 0 Å². The minimum absolute atomic E-state index is 0.0565. The maximum atomic E-state index is 12.7.